The van der Waals surface area contributed by atoms with E-state index in [1.807, 2.05) is 0 Å². The predicted octanol–water partition coefficient (Wildman–Crippen LogP) is 4.11. The lowest BCUT2D eigenvalue weighted by molar-refractivity contribution is -0.114. The van der Waals surface area contributed by atoms with Crippen molar-refractivity contribution in [1.82, 2.24) is 25.6 Å². The highest BCUT2D eigenvalue weighted by Crippen LogP contribution is 2.38. The van der Waals surface area contributed by atoms with Crippen molar-refractivity contribution < 1.29 is 22.4 Å². The summed E-state index contributed by atoms with van der Waals surface area (Å²) in [6, 6.07) is 8.21. The standard InChI is InChI=1S/C21H13ClF3N7O2/c22-15-5-12(7-27-17(15)20-31-28-10-34-20)30-19(33)14-8-29-32(18(14)21(23,24)25)16-9-26-6-11-3-1-2-4-13(11)16/h1-7,9-10,29H,8H2,(H,30,33). The van der Waals surface area contributed by atoms with Gasteiger partial charge in [-0.3, -0.25) is 14.8 Å². The van der Waals surface area contributed by atoms with Gasteiger partial charge in [-0.15, -0.1) is 10.2 Å². The van der Waals surface area contributed by atoms with E-state index in [1.54, 1.807) is 30.5 Å². The third kappa shape index (κ3) is 3.93. The maximum absolute atomic E-state index is 14.1. The number of nitrogens with one attached hydrogen (secondary N) is 2. The lowest BCUT2D eigenvalue weighted by Crippen LogP contribution is -2.37. The lowest BCUT2D eigenvalue weighted by atomic mass is 10.1. The first-order valence-electron chi connectivity index (χ1n) is 9.73. The van der Waals surface area contributed by atoms with E-state index in [2.05, 4.69) is 30.9 Å². The molecule has 0 spiro atoms. The molecule has 4 heterocycles. The molecule has 9 nitrogen and oxygen atoms in total. The van der Waals surface area contributed by atoms with E-state index in [0.29, 0.717) is 10.8 Å². The minimum Gasteiger partial charge on any atom is -0.422 e. The monoisotopic (exact) mass is 487 g/mol. The molecular formula is C21H13ClF3N7O2. The highest BCUT2D eigenvalue weighted by atomic mass is 35.5. The molecule has 13 heteroatoms. The molecular weight excluding hydrogens is 475 g/mol. The van der Waals surface area contributed by atoms with Crippen molar-refractivity contribution in [3.63, 3.8) is 0 Å². The molecule has 0 unspecified atom stereocenters. The van der Waals surface area contributed by atoms with E-state index >= 15 is 0 Å². The Morgan fingerprint density at radius 3 is 2.76 bits per heavy atom. The molecule has 0 bridgehead atoms. The van der Waals surface area contributed by atoms with Crippen LogP contribution in [0.5, 0.6) is 0 Å². The average Bonchev–Trinajstić information content (AvgIpc) is 3.49. The van der Waals surface area contributed by atoms with Crippen LogP contribution >= 0.6 is 11.6 Å². The van der Waals surface area contributed by atoms with Gasteiger partial charge in [0.2, 0.25) is 6.39 Å². The number of nitrogens with zero attached hydrogens (tertiary/aromatic N) is 5. The minimum atomic E-state index is -4.83. The van der Waals surface area contributed by atoms with E-state index < -0.39 is 23.4 Å². The van der Waals surface area contributed by atoms with Crippen LogP contribution in [0.2, 0.25) is 5.02 Å². The molecule has 1 aliphatic rings. The molecule has 1 aromatic carbocycles. The molecule has 0 aliphatic carbocycles. The molecule has 34 heavy (non-hydrogen) atoms. The first kappa shape index (κ1) is 21.8. The average molecular weight is 488 g/mol. The summed E-state index contributed by atoms with van der Waals surface area (Å²) in [5, 5.41) is 11.8. The quantitative estimate of drug-likeness (QED) is 0.442. The van der Waals surface area contributed by atoms with Crippen LogP contribution in [0.3, 0.4) is 0 Å². The van der Waals surface area contributed by atoms with Crippen molar-refractivity contribution in [2.24, 2.45) is 0 Å². The number of carbonyl (C=O) groups is 1. The van der Waals surface area contributed by atoms with Gasteiger partial charge in [0.15, 0.2) is 0 Å². The van der Waals surface area contributed by atoms with Gasteiger partial charge in [0.25, 0.3) is 11.8 Å². The molecule has 4 aromatic rings. The fourth-order valence-electron chi connectivity index (χ4n) is 3.57. The van der Waals surface area contributed by atoms with Crippen molar-refractivity contribution >= 4 is 39.7 Å². The number of alkyl halides is 3. The number of fused-ring (bicyclic) bond motifs is 1. The number of carbonyl (C=O) groups excluding carboxylic acids is 1. The second-order valence-electron chi connectivity index (χ2n) is 7.13. The minimum absolute atomic E-state index is 0.0595. The first-order chi connectivity index (χ1) is 16.3. The second kappa shape index (κ2) is 8.39. The number of anilines is 2. The number of amides is 1. The zero-order valence-electron chi connectivity index (χ0n) is 17.0. The summed E-state index contributed by atoms with van der Waals surface area (Å²) in [5.74, 6) is -0.900. The van der Waals surface area contributed by atoms with E-state index in [9.17, 15) is 18.0 Å². The molecule has 0 radical (unpaired) electrons. The topological polar surface area (TPSA) is 109 Å². The number of aromatic nitrogens is 4. The molecule has 5 rings (SSSR count). The maximum Gasteiger partial charge on any atom is 0.433 e. The van der Waals surface area contributed by atoms with E-state index in [1.165, 1.54) is 18.5 Å². The highest BCUT2D eigenvalue weighted by Gasteiger charge is 2.46. The van der Waals surface area contributed by atoms with Gasteiger partial charge in [0.1, 0.15) is 11.4 Å². The molecule has 3 aromatic heterocycles. The van der Waals surface area contributed by atoms with Crippen molar-refractivity contribution in [2.45, 2.75) is 6.18 Å². The van der Waals surface area contributed by atoms with Crippen LogP contribution < -0.4 is 15.8 Å². The predicted molar refractivity (Wildman–Crippen MR) is 116 cm³/mol. The highest BCUT2D eigenvalue weighted by molar-refractivity contribution is 6.33. The van der Waals surface area contributed by atoms with Crippen LogP contribution in [-0.4, -0.2) is 38.8 Å². The molecule has 1 amide bonds. The van der Waals surface area contributed by atoms with Crippen LogP contribution in [0.1, 0.15) is 0 Å². The molecule has 2 N–H and O–H groups in total. The van der Waals surface area contributed by atoms with Gasteiger partial charge in [-0.25, -0.2) is 10.4 Å². The normalized spacial score (nSPS) is 14.2. The Morgan fingerprint density at radius 2 is 2.03 bits per heavy atom. The van der Waals surface area contributed by atoms with Crippen molar-refractivity contribution in [2.75, 3.05) is 16.9 Å². The van der Waals surface area contributed by atoms with Gasteiger partial charge in [0.05, 0.1) is 34.4 Å². The Kier molecular flexibility index (Phi) is 5.38. The summed E-state index contributed by atoms with van der Waals surface area (Å²) in [5.41, 5.74) is 1.44. The van der Waals surface area contributed by atoms with E-state index in [4.69, 9.17) is 16.0 Å². The molecule has 0 saturated carbocycles. The summed E-state index contributed by atoms with van der Waals surface area (Å²) < 4.78 is 47.4. The summed E-state index contributed by atoms with van der Waals surface area (Å²) in [4.78, 5) is 21.0. The van der Waals surface area contributed by atoms with Gasteiger partial charge < -0.3 is 9.73 Å². The Labute approximate surface area is 194 Å². The third-order valence-electron chi connectivity index (χ3n) is 5.02. The molecule has 0 atom stereocenters. The van der Waals surface area contributed by atoms with Crippen molar-refractivity contribution in [1.29, 1.82) is 0 Å². The number of benzene rings is 1. The van der Waals surface area contributed by atoms with Crippen LogP contribution in [0.25, 0.3) is 22.4 Å². The van der Waals surface area contributed by atoms with E-state index in [-0.39, 0.29) is 34.5 Å². The lowest BCUT2D eigenvalue weighted by Gasteiger charge is -2.25. The number of rotatable bonds is 4. The van der Waals surface area contributed by atoms with Crippen LogP contribution in [0.15, 0.2) is 71.0 Å². The van der Waals surface area contributed by atoms with Crippen molar-refractivity contribution in [3.8, 4) is 11.6 Å². The van der Waals surface area contributed by atoms with Gasteiger partial charge in [-0.2, -0.15) is 13.2 Å². The maximum atomic E-state index is 14.1. The summed E-state index contributed by atoms with van der Waals surface area (Å²) >= 11 is 6.16. The number of hydrogen-bond donors (Lipinski definition) is 2. The summed E-state index contributed by atoms with van der Waals surface area (Å²) in [6.45, 7) is -0.356. The Hall–Kier alpha value is -4.03. The van der Waals surface area contributed by atoms with Crippen LogP contribution in [-0.2, 0) is 4.79 Å². The Bertz CT molecular complexity index is 1420. The third-order valence-corrected chi connectivity index (χ3v) is 5.30. The molecule has 172 valence electrons. The first-order valence-corrected chi connectivity index (χ1v) is 10.1. The number of allylic oxidation sites excluding steroid dienone is 1. The fraction of sp³-hybridized carbons (Fsp3) is 0.0952. The smallest absolute Gasteiger partial charge is 0.422 e. The zero-order valence-corrected chi connectivity index (χ0v) is 17.7. The summed E-state index contributed by atoms with van der Waals surface area (Å²) in [7, 11) is 0. The van der Waals surface area contributed by atoms with Crippen molar-refractivity contribution in [3.05, 3.63) is 71.6 Å². The molecule has 1 aliphatic heterocycles. The SMILES string of the molecule is O=C(Nc1cnc(-c2nnco2)c(Cl)c1)C1=C(C(F)(F)F)N(c2cncc3ccccc23)NC1. The van der Waals surface area contributed by atoms with Gasteiger partial charge >= 0.3 is 6.18 Å². The van der Waals surface area contributed by atoms with Crippen LogP contribution in [0.4, 0.5) is 24.5 Å². The van der Waals surface area contributed by atoms with Crippen LogP contribution in [0, 0.1) is 0 Å². The Balaban J connectivity index is 1.49. The molecule has 0 saturated heterocycles. The number of hydrogen-bond acceptors (Lipinski definition) is 8. The zero-order chi connectivity index (χ0) is 23.9. The number of halogens is 4. The molecule has 0 fully saturated rings. The number of hydrazine groups is 1. The van der Waals surface area contributed by atoms with E-state index in [0.717, 1.165) is 11.4 Å². The Morgan fingerprint density at radius 1 is 1.21 bits per heavy atom. The second-order valence-corrected chi connectivity index (χ2v) is 7.53. The fourth-order valence-corrected chi connectivity index (χ4v) is 3.82. The summed E-state index contributed by atoms with van der Waals surface area (Å²) in [6.07, 6.45) is 0.352. The van der Waals surface area contributed by atoms with Gasteiger partial charge in [0, 0.05) is 23.5 Å². The van der Waals surface area contributed by atoms with Gasteiger partial charge in [-0.05, 0) is 6.07 Å². The van der Waals surface area contributed by atoms with Gasteiger partial charge in [-0.1, -0.05) is 35.9 Å². The largest absolute Gasteiger partial charge is 0.433 e. The number of pyridine rings is 2.